The molecule has 0 spiro atoms. The number of carbonyl (C=O) groups excluding carboxylic acids is 2. The maximum atomic E-state index is 12.7. The lowest BCUT2D eigenvalue weighted by molar-refractivity contribution is -0.122. The number of benzene rings is 4. The van der Waals surface area contributed by atoms with Crippen LogP contribution in [-0.4, -0.2) is 24.9 Å². The van der Waals surface area contributed by atoms with Crippen molar-refractivity contribution in [3.8, 4) is 0 Å². The highest BCUT2D eigenvalue weighted by molar-refractivity contribution is 5.78. The van der Waals surface area contributed by atoms with Gasteiger partial charge in [0.2, 0.25) is 11.8 Å². The van der Waals surface area contributed by atoms with E-state index in [2.05, 4.69) is 59.2 Å². The zero-order valence-corrected chi connectivity index (χ0v) is 23.2. The lowest BCUT2D eigenvalue weighted by Crippen LogP contribution is -2.27. The number of hydrogen-bond acceptors (Lipinski definition) is 2. The summed E-state index contributed by atoms with van der Waals surface area (Å²) >= 11 is 0. The fourth-order valence-corrected chi connectivity index (χ4v) is 5.17. The van der Waals surface area contributed by atoms with Gasteiger partial charge in [0, 0.05) is 37.8 Å². The van der Waals surface area contributed by atoms with Gasteiger partial charge in [-0.3, -0.25) is 9.59 Å². The minimum Gasteiger partial charge on any atom is -0.356 e. The van der Waals surface area contributed by atoms with Crippen LogP contribution in [0.1, 0.15) is 72.6 Å². The van der Waals surface area contributed by atoms with Crippen molar-refractivity contribution < 1.29 is 9.59 Å². The van der Waals surface area contributed by atoms with E-state index in [0.717, 1.165) is 47.9 Å². The molecule has 40 heavy (non-hydrogen) atoms. The number of nitrogens with one attached hydrogen (secondary N) is 2. The Balaban J connectivity index is 1.13. The number of hydrogen-bond donors (Lipinski definition) is 2. The topological polar surface area (TPSA) is 58.2 Å². The van der Waals surface area contributed by atoms with Crippen molar-refractivity contribution >= 4 is 11.8 Å². The first-order valence-electron chi connectivity index (χ1n) is 14.4. The lowest BCUT2D eigenvalue weighted by Gasteiger charge is -2.18. The molecule has 2 N–H and O–H groups in total. The Labute approximate surface area is 238 Å². The summed E-state index contributed by atoms with van der Waals surface area (Å²) in [4.78, 5) is 25.5. The van der Waals surface area contributed by atoms with Gasteiger partial charge in [-0.25, -0.2) is 0 Å². The Morgan fingerprint density at radius 2 is 0.700 bits per heavy atom. The van der Waals surface area contributed by atoms with Gasteiger partial charge in [0.25, 0.3) is 0 Å². The van der Waals surface area contributed by atoms with Crippen LogP contribution in [0, 0.1) is 0 Å². The molecular formula is C36H40N2O2. The predicted molar refractivity (Wildman–Crippen MR) is 163 cm³/mol. The molecule has 0 bridgehead atoms. The zero-order chi connectivity index (χ0) is 27.8. The summed E-state index contributed by atoms with van der Waals surface area (Å²) in [6, 6.07) is 40.9. The van der Waals surface area contributed by atoms with Gasteiger partial charge in [0.1, 0.15) is 0 Å². The van der Waals surface area contributed by atoms with Crippen LogP contribution in [0.3, 0.4) is 0 Å². The normalized spacial score (nSPS) is 10.9. The first kappa shape index (κ1) is 28.8. The Morgan fingerprint density at radius 1 is 0.425 bits per heavy atom. The molecule has 0 aromatic heterocycles. The number of amides is 2. The summed E-state index contributed by atoms with van der Waals surface area (Å²) in [6.07, 6.45) is 4.79. The standard InChI is InChI=1S/C36H40N2O2/c39-35(27-33(29-17-7-3-8-18-29)30-19-9-4-10-20-30)37-25-15-1-2-16-26-38-36(40)28-34(31-21-11-5-12-22-31)32-23-13-6-14-24-32/h3-14,17-24,33-34H,1-2,15-16,25-28H2,(H,37,39)(H,38,40). The molecule has 2 amide bonds. The molecule has 0 fully saturated rings. The van der Waals surface area contributed by atoms with E-state index in [1.54, 1.807) is 0 Å². The molecular weight excluding hydrogens is 492 g/mol. The Hall–Kier alpha value is -4.18. The highest BCUT2D eigenvalue weighted by Gasteiger charge is 2.19. The summed E-state index contributed by atoms with van der Waals surface area (Å²) in [5, 5.41) is 6.21. The zero-order valence-electron chi connectivity index (χ0n) is 23.2. The van der Waals surface area contributed by atoms with Crippen LogP contribution in [0.2, 0.25) is 0 Å². The van der Waals surface area contributed by atoms with Crippen molar-refractivity contribution in [2.45, 2.75) is 50.4 Å². The molecule has 0 aliphatic heterocycles. The van der Waals surface area contributed by atoms with E-state index in [1.807, 2.05) is 72.8 Å². The van der Waals surface area contributed by atoms with Crippen molar-refractivity contribution in [2.24, 2.45) is 0 Å². The Kier molecular flexibility index (Phi) is 11.6. The summed E-state index contributed by atoms with van der Waals surface area (Å²) in [6.45, 7) is 1.36. The van der Waals surface area contributed by atoms with Crippen LogP contribution in [0.15, 0.2) is 121 Å². The molecule has 0 radical (unpaired) electrons. The Bertz CT molecular complexity index is 1100. The quantitative estimate of drug-likeness (QED) is 0.159. The number of rotatable bonds is 15. The first-order valence-corrected chi connectivity index (χ1v) is 14.4. The summed E-state index contributed by atoms with van der Waals surface area (Å²) in [5.41, 5.74) is 4.63. The molecule has 206 valence electrons. The van der Waals surface area contributed by atoms with Crippen LogP contribution < -0.4 is 10.6 Å². The molecule has 4 aromatic carbocycles. The largest absolute Gasteiger partial charge is 0.356 e. The maximum absolute atomic E-state index is 12.7. The molecule has 0 aliphatic rings. The molecule has 0 saturated carbocycles. The van der Waals surface area contributed by atoms with E-state index in [4.69, 9.17) is 0 Å². The van der Waals surface area contributed by atoms with Crippen LogP contribution in [0.25, 0.3) is 0 Å². The van der Waals surface area contributed by atoms with E-state index in [0.29, 0.717) is 25.9 Å². The summed E-state index contributed by atoms with van der Waals surface area (Å²) in [5.74, 6) is 0.261. The Morgan fingerprint density at radius 3 is 0.975 bits per heavy atom. The van der Waals surface area contributed by atoms with Gasteiger partial charge in [0.05, 0.1) is 0 Å². The van der Waals surface area contributed by atoms with Crippen molar-refractivity contribution in [1.29, 1.82) is 0 Å². The van der Waals surface area contributed by atoms with E-state index in [9.17, 15) is 9.59 Å². The first-order chi connectivity index (χ1) is 19.7. The third kappa shape index (κ3) is 9.23. The molecule has 0 heterocycles. The predicted octanol–water partition coefficient (Wildman–Crippen LogP) is 7.22. The highest BCUT2D eigenvalue weighted by Crippen LogP contribution is 2.28. The molecule has 4 heteroatoms. The van der Waals surface area contributed by atoms with Crippen molar-refractivity contribution in [3.63, 3.8) is 0 Å². The summed E-state index contributed by atoms with van der Waals surface area (Å²) in [7, 11) is 0. The molecule has 4 aromatic rings. The van der Waals surface area contributed by atoms with Crippen LogP contribution in [-0.2, 0) is 9.59 Å². The van der Waals surface area contributed by atoms with Crippen molar-refractivity contribution in [1.82, 2.24) is 10.6 Å². The fourth-order valence-electron chi connectivity index (χ4n) is 5.17. The monoisotopic (exact) mass is 532 g/mol. The molecule has 0 atom stereocenters. The maximum Gasteiger partial charge on any atom is 0.220 e. The second-order valence-corrected chi connectivity index (χ2v) is 10.3. The molecule has 0 aliphatic carbocycles. The van der Waals surface area contributed by atoms with E-state index in [1.165, 1.54) is 0 Å². The summed E-state index contributed by atoms with van der Waals surface area (Å²) < 4.78 is 0. The average molecular weight is 533 g/mol. The number of unbranched alkanes of at least 4 members (excludes halogenated alkanes) is 3. The van der Waals surface area contributed by atoms with E-state index >= 15 is 0 Å². The average Bonchev–Trinajstić information content (AvgIpc) is 3.01. The minimum atomic E-state index is 0.0504. The van der Waals surface area contributed by atoms with Gasteiger partial charge in [-0.05, 0) is 35.1 Å². The van der Waals surface area contributed by atoms with Crippen molar-refractivity contribution in [3.05, 3.63) is 144 Å². The second kappa shape index (κ2) is 16.0. The van der Waals surface area contributed by atoms with Crippen molar-refractivity contribution in [2.75, 3.05) is 13.1 Å². The van der Waals surface area contributed by atoms with Gasteiger partial charge in [0.15, 0.2) is 0 Å². The minimum absolute atomic E-state index is 0.0504. The van der Waals surface area contributed by atoms with Gasteiger partial charge in [-0.2, -0.15) is 0 Å². The SMILES string of the molecule is O=C(CC(c1ccccc1)c1ccccc1)NCCCCCCNC(=O)CC(c1ccccc1)c1ccccc1. The third-order valence-corrected chi connectivity index (χ3v) is 7.33. The molecule has 4 nitrogen and oxygen atoms in total. The smallest absolute Gasteiger partial charge is 0.220 e. The van der Waals surface area contributed by atoms with Crippen LogP contribution in [0.5, 0.6) is 0 Å². The van der Waals surface area contributed by atoms with Gasteiger partial charge < -0.3 is 10.6 Å². The molecule has 4 rings (SSSR count). The van der Waals surface area contributed by atoms with Gasteiger partial charge in [-0.15, -0.1) is 0 Å². The van der Waals surface area contributed by atoms with Crippen LogP contribution >= 0.6 is 0 Å². The molecule has 0 saturated heterocycles. The van der Waals surface area contributed by atoms with Crippen LogP contribution in [0.4, 0.5) is 0 Å². The second-order valence-electron chi connectivity index (χ2n) is 10.3. The third-order valence-electron chi connectivity index (χ3n) is 7.33. The van der Waals surface area contributed by atoms with Gasteiger partial charge >= 0.3 is 0 Å². The number of carbonyl (C=O) groups is 2. The fraction of sp³-hybridized carbons (Fsp3) is 0.278. The van der Waals surface area contributed by atoms with E-state index in [-0.39, 0.29) is 23.7 Å². The highest BCUT2D eigenvalue weighted by atomic mass is 16.2. The van der Waals surface area contributed by atoms with E-state index < -0.39 is 0 Å². The lowest BCUT2D eigenvalue weighted by atomic mass is 9.88. The molecule has 0 unspecified atom stereocenters. The van der Waals surface area contributed by atoms with Gasteiger partial charge in [-0.1, -0.05) is 134 Å².